The van der Waals surface area contributed by atoms with E-state index in [4.69, 9.17) is 0 Å². The monoisotopic (exact) mass is 185 g/mol. The third-order valence-corrected chi connectivity index (χ3v) is 2.11. The molecule has 0 aliphatic heterocycles. The lowest BCUT2D eigenvalue weighted by molar-refractivity contribution is -0.600. The van der Waals surface area contributed by atoms with Gasteiger partial charge in [-0.15, -0.1) is 0 Å². The highest BCUT2D eigenvalue weighted by Gasteiger charge is 2.05. The Kier molecular flexibility index (Phi) is 2.27. The molecule has 0 bridgehead atoms. The van der Waals surface area contributed by atoms with E-state index >= 15 is 0 Å². The summed E-state index contributed by atoms with van der Waals surface area (Å²) in [6.07, 6.45) is 5.91. The SMILES string of the molecule is Cc1ccnc(-[n+]2cccc(C)c2)c1. The average Bonchev–Trinajstić information content (AvgIpc) is 2.18. The highest BCUT2D eigenvalue weighted by Crippen LogP contribution is 2.00. The molecule has 0 aromatic carbocycles. The number of rotatable bonds is 1. The predicted octanol–water partition coefficient (Wildman–Crippen LogP) is 1.98. The summed E-state index contributed by atoms with van der Waals surface area (Å²) in [5.74, 6) is 0.966. The summed E-state index contributed by atoms with van der Waals surface area (Å²) in [6.45, 7) is 4.15. The second-order valence-electron chi connectivity index (χ2n) is 3.48. The van der Waals surface area contributed by atoms with Gasteiger partial charge >= 0.3 is 5.82 Å². The fourth-order valence-electron chi connectivity index (χ4n) is 1.40. The highest BCUT2D eigenvalue weighted by molar-refractivity contribution is 5.19. The zero-order chi connectivity index (χ0) is 9.97. The summed E-state index contributed by atoms with van der Waals surface area (Å²) in [6, 6.07) is 8.17. The maximum atomic E-state index is 4.31. The normalized spacial score (nSPS) is 10.1. The summed E-state index contributed by atoms with van der Waals surface area (Å²) in [7, 11) is 0. The molecule has 0 atom stereocenters. The molecule has 70 valence electrons. The molecule has 0 radical (unpaired) electrons. The summed E-state index contributed by atoms with van der Waals surface area (Å²) >= 11 is 0. The molecule has 2 aromatic rings. The van der Waals surface area contributed by atoms with Gasteiger partial charge in [-0.1, -0.05) is 6.07 Å². The first kappa shape index (κ1) is 8.88. The van der Waals surface area contributed by atoms with Gasteiger partial charge in [0.05, 0.1) is 12.4 Å². The van der Waals surface area contributed by atoms with Crippen molar-refractivity contribution >= 4 is 0 Å². The van der Waals surface area contributed by atoms with Crippen LogP contribution in [-0.4, -0.2) is 4.98 Å². The molecule has 2 nitrogen and oxygen atoms in total. The molecule has 0 N–H and O–H groups in total. The van der Waals surface area contributed by atoms with Gasteiger partial charge in [0.1, 0.15) is 6.20 Å². The molecule has 2 rings (SSSR count). The van der Waals surface area contributed by atoms with Crippen molar-refractivity contribution < 1.29 is 4.57 Å². The van der Waals surface area contributed by atoms with Gasteiger partial charge in [0, 0.05) is 6.07 Å². The predicted molar refractivity (Wildman–Crippen MR) is 55.2 cm³/mol. The number of aryl methyl sites for hydroxylation is 2. The minimum Gasteiger partial charge on any atom is -0.203 e. The zero-order valence-corrected chi connectivity index (χ0v) is 8.44. The molecule has 14 heavy (non-hydrogen) atoms. The molecule has 2 aromatic heterocycles. The van der Waals surface area contributed by atoms with Crippen LogP contribution in [0.25, 0.3) is 5.82 Å². The van der Waals surface area contributed by atoms with Crippen LogP contribution in [0.15, 0.2) is 42.9 Å². The van der Waals surface area contributed by atoms with Gasteiger partial charge in [-0.3, -0.25) is 0 Å². The summed E-state index contributed by atoms with van der Waals surface area (Å²) in [5.41, 5.74) is 2.46. The topological polar surface area (TPSA) is 16.8 Å². The lowest BCUT2D eigenvalue weighted by atomic mass is 10.3. The summed E-state index contributed by atoms with van der Waals surface area (Å²) in [4.78, 5) is 4.31. The van der Waals surface area contributed by atoms with Gasteiger partial charge < -0.3 is 0 Å². The zero-order valence-electron chi connectivity index (χ0n) is 8.44. The minimum absolute atomic E-state index is 0.966. The molecule has 2 heterocycles. The number of aromatic nitrogens is 2. The Bertz CT molecular complexity index is 406. The Balaban J connectivity index is 2.49. The van der Waals surface area contributed by atoms with Crippen LogP contribution in [-0.2, 0) is 0 Å². The van der Waals surface area contributed by atoms with Gasteiger partial charge in [0.15, 0.2) is 0 Å². The maximum Gasteiger partial charge on any atom is 0.327 e. The lowest BCUT2D eigenvalue weighted by Crippen LogP contribution is -2.31. The van der Waals surface area contributed by atoms with Gasteiger partial charge in [-0.05, 0) is 42.1 Å². The first-order valence-electron chi connectivity index (χ1n) is 4.67. The van der Waals surface area contributed by atoms with Crippen LogP contribution < -0.4 is 4.57 Å². The van der Waals surface area contributed by atoms with Crippen LogP contribution in [0.2, 0.25) is 0 Å². The molecular weight excluding hydrogens is 172 g/mol. The number of hydrogen-bond acceptors (Lipinski definition) is 1. The van der Waals surface area contributed by atoms with Crippen molar-refractivity contribution in [2.75, 3.05) is 0 Å². The molecule has 0 unspecified atom stereocenters. The lowest BCUT2D eigenvalue weighted by Gasteiger charge is -1.97. The second-order valence-corrected chi connectivity index (χ2v) is 3.48. The van der Waals surface area contributed by atoms with Crippen molar-refractivity contribution in [3.8, 4) is 5.82 Å². The fourth-order valence-corrected chi connectivity index (χ4v) is 1.40. The molecular formula is C12H13N2+. The highest BCUT2D eigenvalue weighted by atomic mass is 15.0. The maximum absolute atomic E-state index is 4.31. The molecule has 0 spiro atoms. The number of nitrogens with zero attached hydrogens (tertiary/aromatic N) is 2. The van der Waals surface area contributed by atoms with Gasteiger partial charge in [-0.2, -0.15) is 0 Å². The molecule has 0 aliphatic carbocycles. The molecule has 0 amide bonds. The van der Waals surface area contributed by atoms with Crippen molar-refractivity contribution in [2.24, 2.45) is 0 Å². The molecule has 0 fully saturated rings. The minimum atomic E-state index is 0.966. The van der Waals surface area contributed by atoms with Crippen LogP contribution in [0.1, 0.15) is 11.1 Å². The van der Waals surface area contributed by atoms with Gasteiger partial charge in [0.2, 0.25) is 0 Å². The van der Waals surface area contributed by atoms with Crippen LogP contribution in [0.4, 0.5) is 0 Å². The molecule has 0 saturated carbocycles. The van der Waals surface area contributed by atoms with Crippen molar-refractivity contribution in [1.29, 1.82) is 0 Å². The van der Waals surface area contributed by atoms with Crippen LogP contribution in [0.5, 0.6) is 0 Å². The van der Waals surface area contributed by atoms with Gasteiger partial charge in [-0.25, -0.2) is 4.57 Å². The molecule has 0 saturated heterocycles. The first-order valence-corrected chi connectivity index (χ1v) is 4.67. The van der Waals surface area contributed by atoms with E-state index in [9.17, 15) is 0 Å². The third kappa shape index (κ3) is 1.79. The van der Waals surface area contributed by atoms with Crippen molar-refractivity contribution in [2.45, 2.75) is 13.8 Å². The summed E-state index contributed by atoms with van der Waals surface area (Å²) in [5, 5.41) is 0. The van der Waals surface area contributed by atoms with E-state index in [-0.39, 0.29) is 0 Å². The van der Waals surface area contributed by atoms with E-state index in [1.807, 2.05) is 29.1 Å². The Hall–Kier alpha value is -1.70. The fraction of sp³-hybridized carbons (Fsp3) is 0.167. The average molecular weight is 185 g/mol. The Morgan fingerprint density at radius 1 is 1.14 bits per heavy atom. The van der Waals surface area contributed by atoms with Crippen molar-refractivity contribution in [3.05, 3.63) is 54.0 Å². The second kappa shape index (κ2) is 3.58. The van der Waals surface area contributed by atoms with Crippen LogP contribution in [0, 0.1) is 13.8 Å². The van der Waals surface area contributed by atoms with Crippen LogP contribution in [0.3, 0.4) is 0 Å². The third-order valence-electron chi connectivity index (χ3n) is 2.11. The Labute approximate surface area is 83.9 Å². The van der Waals surface area contributed by atoms with E-state index in [1.165, 1.54) is 11.1 Å². The van der Waals surface area contributed by atoms with Crippen molar-refractivity contribution in [3.63, 3.8) is 0 Å². The van der Waals surface area contributed by atoms with Crippen molar-refractivity contribution in [1.82, 2.24) is 4.98 Å². The Morgan fingerprint density at radius 3 is 2.71 bits per heavy atom. The van der Waals surface area contributed by atoms with Crippen LogP contribution >= 0.6 is 0 Å². The van der Waals surface area contributed by atoms with E-state index < -0.39 is 0 Å². The standard InChI is InChI=1S/C12H13N2/c1-10-5-6-13-12(8-10)14-7-3-4-11(2)9-14/h3-9H,1-2H3/q+1. The van der Waals surface area contributed by atoms with E-state index in [0.717, 1.165) is 5.82 Å². The molecule has 0 aliphatic rings. The Morgan fingerprint density at radius 2 is 2.00 bits per heavy atom. The first-order chi connectivity index (χ1) is 6.75. The quantitative estimate of drug-likeness (QED) is 0.621. The largest absolute Gasteiger partial charge is 0.327 e. The number of hydrogen-bond donors (Lipinski definition) is 0. The number of pyridine rings is 2. The van der Waals surface area contributed by atoms with E-state index in [2.05, 4.69) is 37.2 Å². The van der Waals surface area contributed by atoms with Gasteiger partial charge in [0.25, 0.3) is 0 Å². The smallest absolute Gasteiger partial charge is 0.203 e. The summed E-state index contributed by atoms with van der Waals surface area (Å²) < 4.78 is 2.03. The molecule has 2 heteroatoms. The van der Waals surface area contributed by atoms with E-state index in [1.54, 1.807) is 0 Å². The van der Waals surface area contributed by atoms with E-state index in [0.29, 0.717) is 0 Å².